The van der Waals surface area contributed by atoms with Crippen molar-refractivity contribution in [2.45, 2.75) is 57.9 Å². The van der Waals surface area contributed by atoms with Gasteiger partial charge in [0.2, 0.25) is 0 Å². The first-order valence-corrected chi connectivity index (χ1v) is 7.85. The van der Waals surface area contributed by atoms with E-state index in [1.807, 2.05) is 0 Å². The van der Waals surface area contributed by atoms with Gasteiger partial charge in [-0.15, -0.1) is 0 Å². The van der Waals surface area contributed by atoms with E-state index < -0.39 is 11.6 Å². The van der Waals surface area contributed by atoms with Crippen LogP contribution < -0.4 is 5.32 Å². The first kappa shape index (κ1) is 15.4. The molecule has 20 heavy (non-hydrogen) atoms. The molecule has 1 nitrogen and oxygen atoms in total. The second-order valence-corrected chi connectivity index (χ2v) is 6.02. The molecule has 1 aromatic carbocycles. The standard InChI is InChI=1S/C17H25F2N/c1-2-7-20-17-6-4-3-5-13(11-17)8-14-9-15(18)12-16(19)10-14/h9-10,12-13,17,20H,2-8,11H2,1H3. The monoisotopic (exact) mass is 281 g/mol. The van der Waals surface area contributed by atoms with Crippen molar-refractivity contribution in [3.63, 3.8) is 0 Å². The zero-order valence-electron chi connectivity index (χ0n) is 12.3. The van der Waals surface area contributed by atoms with Crippen LogP contribution in [0.25, 0.3) is 0 Å². The molecule has 2 unspecified atom stereocenters. The third kappa shape index (κ3) is 4.86. The minimum atomic E-state index is -0.464. The van der Waals surface area contributed by atoms with E-state index in [9.17, 15) is 8.78 Å². The molecule has 1 fully saturated rings. The first-order chi connectivity index (χ1) is 9.67. The molecule has 1 aliphatic carbocycles. The molecule has 1 N–H and O–H groups in total. The molecule has 1 aliphatic rings. The zero-order valence-corrected chi connectivity index (χ0v) is 12.3. The third-order valence-corrected chi connectivity index (χ3v) is 4.16. The maximum atomic E-state index is 13.3. The number of hydrogen-bond donors (Lipinski definition) is 1. The molecule has 0 heterocycles. The second kappa shape index (κ2) is 7.72. The van der Waals surface area contributed by atoms with Gasteiger partial charge in [0.1, 0.15) is 11.6 Å². The third-order valence-electron chi connectivity index (χ3n) is 4.16. The lowest BCUT2D eigenvalue weighted by atomic mass is 9.91. The average Bonchev–Trinajstić information content (AvgIpc) is 2.60. The van der Waals surface area contributed by atoms with Crippen LogP contribution in [0.3, 0.4) is 0 Å². The van der Waals surface area contributed by atoms with Crippen molar-refractivity contribution in [2.75, 3.05) is 6.54 Å². The summed E-state index contributed by atoms with van der Waals surface area (Å²) in [5, 5.41) is 3.60. The summed E-state index contributed by atoms with van der Waals surface area (Å²) < 4.78 is 26.5. The van der Waals surface area contributed by atoms with Gasteiger partial charge in [0.15, 0.2) is 0 Å². The molecule has 3 heteroatoms. The molecule has 0 amide bonds. The van der Waals surface area contributed by atoms with Crippen LogP contribution in [-0.4, -0.2) is 12.6 Å². The van der Waals surface area contributed by atoms with Crippen LogP contribution in [0, 0.1) is 17.6 Å². The first-order valence-electron chi connectivity index (χ1n) is 7.85. The topological polar surface area (TPSA) is 12.0 Å². The van der Waals surface area contributed by atoms with Gasteiger partial charge < -0.3 is 5.32 Å². The van der Waals surface area contributed by atoms with E-state index in [4.69, 9.17) is 0 Å². The highest BCUT2D eigenvalue weighted by molar-refractivity contribution is 5.18. The highest BCUT2D eigenvalue weighted by Crippen LogP contribution is 2.27. The SMILES string of the molecule is CCCNC1CCCCC(Cc2cc(F)cc(F)c2)C1. The predicted molar refractivity (Wildman–Crippen MR) is 78.7 cm³/mol. The smallest absolute Gasteiger partial charge is 0.126 e. The molecule has 0 spiro atoms. The van der Waals surface area contributed by atoms with Gasteiger partial charge in [-0.1, -0.05) is 26.2 Å². The van der Waals surface area contributed by atoms with Crippen molar-refractivity contribution in [2.24, 2.45) is 5.92 Å². The summed E-state index contributed by atoms with van der Waals surface area (Å²) in [4.78, 5) is 0. The maximum absolute atomic E-state index is 13.3. The number of nitrogens with one attached hydrogen (secondary N) is 1. The van der Waals surface area contributed by atoms with Crippen LogP contribution in [0.15, 0.2) is 18.2 Å². The van der Waals surface area contributed by atoms with Crippen LogP contribution in [0.5, 0.6) is 0 Å². The Labute approximate surface area is 120 Å². The molecule has 1 saturated carbocycles. The Hall–Kier alpha value is -0.960. The summed E-state index contributed by atoms with van der Waals surface area (Å²) >= 11 is 0. The highest BCUT2D eigenvalue weighted by Gasteiger charge is 2.20. The molecular weight excluding hydrogens is 256 g/mol. The molecule has 2 rings (SSSR count). The minimum absolute atomic E-state index is 0.464. The fourth-order valence-electron chi connectivity index (χ4n) is 3.24. The molecule has 0 bridgehead atoms. The molecular formula is C17H25F2N. The fraction of sp³-hybridized carbons (Fsp3) is 0.647. The number of halogens is 2. The summed E-state index contributed by atoms with van der Waals surface area (Å²) in [7, 11) is 0. The van der Waals surface area contributed by atoms with Crippen LogP contribution in [0.2, 0.25) is 0 Å². The lowest BCUT2D eigenvalue weighted by molar-refractivity contribution is 0.383. The number of benzene rings is 1. The highest BCUT2D eigenvalue weighted by atomic mass is 19.1. The summed E-state index contributed by atoms with van der Waals surface area (Å²) in [6, 6.07) is 4.47. The van der Waals surface area contributed by atoms with Crippen molar-refractivity contribution < 1.29 is 8.78 Å². The predicted octanol–water partition coefficient (Wildman–Crippen LogP) is 4.46. The Bertz CT molecular complexity index is 399. The van der Waals surface area contributed by atoms with Crippen LogP contribution in [-0.2, 0) is 6.42 Å². The zero-order chi connectivity index (χ0) is 14.4. The summed E-state index contributed by atoms with van der Waals surface area (Å²) in [6.45, 7) is 3.24. The van der Waals surface area contributed by atoms with Gasteiger partial charge in [-0.05, 0) is 55.8 Å². The number of hydrogen-bond acceptors (Lipinski definition) is 1. The molecule has 0 saturated heterocycles. The Morgan fingerprint density at radius 3 is 2.50 bits per heavy atom. The molecule has 0 radical (unpaired) electrons. The van der Waals surface area contributed by atoms with E-state index in [0.717, 1.165) is 37.4 Å². The minimum Gasteiger partial charge on any atom is -0.314 e. The Kier molecular flexibility index (Phi) is 5.96. The van der Waals surface area contributed by atoms with E-state index in [1.165, 1.54) is 37.8 Å². The van der Waals surface area contributed by atoms with Crippen molar-refractivity contribution in [1.82, 2.24) is 5.32 Å². The van der Waals surface area contributed by atoms with E-state index in [-0.39, 0.29) is 0 Å². The van der Waals surface area contributed by atoms with Gasteiger partial charge >= 0.3 is 0 Å². The lowest BCUT2D eigenvalue weighted by Crippen LogP contribution is -2.31. The molecule has 1 aromatic rings. The largest absolute Gasteiger partial charge is 0.314 e. The number of rotatable bonds is 5. The van der Waals surface area contributed by atoms with Gasteiger partial charge in [-0.25, -0.2) is 8.78 Å². The van der Waals surface area contributed by atoms with Gasteiger partial charge in [-0.2, -0.15) is 0 Å². The Morgan fingerprint density at radius 1 is 1.10 bits per heavy atom. The summed E-state index contributed by atoms with van der Waals surface area (Å²) in [5.74, 6) is -0.392. The van der Waals surface area contributed by atoms with Crippen molar-refractivity contribution in [1.29, 1.82) is 0 Å². The molecule has 2 atom stereocenters. The van der Waals surface area contributed by atoms with Gasteiger partial charge in [0.25, 0.3) is 0 Å². The Balaban J connectivity index is 1.95. The molecule has 0 aromatic heterocycles. The fourth-order valence-corrected chi connectivity index (χ4v) is 3.24. The second-order valence-electron chi connectivity index (χ2n) is 6.02. The summed E-state index contributed by atoms with van der Waals surface area (Å²) in [5.41, 5.74) is 0.795. The van der Waals surface area contributed by atoms with E-state index >= 15 is 0 Å². The van der Waals surface area contributed by atoms with Crippen LogP contribution in [0.1, 0.15) is 51.0 Å². The van der Waals surface area contributed by atoms with E-state index in [1.54, 1.807) is 0 Å². The molecule has 112 valence electrons. The summed E-state index contributed by atoms with van der Waals surface area (Å²) in [6.07, 6.45) is 7.95. The average molecular weight is 281 g/mol. The molecule has 0 aliphatic heterocycles. The van der Waals surface area contributed by atoms with E-state index in [0.29, 0.717) is 12.0 Å². The quantitative estimate of drug-likeness (QED) is 0.786. The van der Waals surface area contributed by atoms with Gasteiger partial charge in [0, 0.05) is 12.1 Å². The lowest BCUT2D eigenvalue weighted by Gasteiger charge is -2.21. The van der Waals surface area contributed by atoms with Crippen molar-refractivity contribution >= 4 is 0 Å². The maximum Gasteiger partial charge on any atom is 0.126 e. The van der Waals surface area contributed by atoms with Crippen molar-refractivity contribution in [3.05, 3.63) is 35.4 Å². The van der Waals surface area contributed by atoms with Crippen LogP contribution in [0.4, 0.5) is 8.78 Å². The Morgan fingerprint density at radius 2 is 1.80 bits per heavy atom. The van der Waals surface area contributed by atoms with Crippen LogP contribution >= 0.6 is 0 Å². The normalized spacial score (nSPS) is 23.6. The van der Waals surface area contributed by atoms with Gasteiger partial charge in [-0.3, -0.25) is 0 Å². The van der Waals surface area contributed by atoms with Gasteiger partial charge in [0.05, 0.1) is 0 Å². The van der Waals surface area contributed by atoms with Crippen molar-refractivity contribution in [3.8, 4) is 0 Å². The van der Waals surface area contributed by atoms with E-state index in [2.05, 4.69) is 12.2 Å².